The number of piperazine rings is 1. The van der Waals surface area contributed by atoms with Crippen molar-refractivity contribution in [1.29, 1.82) is 0 Å². The van der Waals surface area contributed by atoms with Gasteiger partial charge in [0, 0.05) is 26.2 Å². The van der Waals surface area contributed by atoms with Crippen molar-refractivity contribution in [2.75, 3.05) is 46.4 Å². The number of hydrogen-bond donors (Lipinski definition) is 1. The molecule has 6 heteroatoms. The monoisotopic (exact) mass is 305 g/mol. The number of nitrogens with zero attached hydrogens (tertiary/aromatic N) is 2. The largest absolute Gasteiger partial charge is 0.484 e. The molecule has 1 fully saturated rings. The van der Waals surface area contributed by atoms with Crippen molar-refractivity contribution in [2.45, 2.75) is 6.92 Å². The zero-order valence-corrected chi connectivity index (χ0v) is 13.2. The number of carbonyl (C=O) groups excluding carboxylic acids is 2. The van der Waals surface area contributed by atoms with E-state index in [0.29, 0.717) is 18.8 Å². The molecule has 120 valence electrons. The summed E-state index contributed by atoms with van der Waals surface area (Å²) in [6.07, 6.45) is 0. The van der Waals surface area contributed by atoms with Crippen LogP contribution in [0.3, 0.4) is 0 Å². The molecule has 0 aromatic heterocycles. The second-order valence-corrected chi connectivity index (χ2v) is 5.57. The van der Waals surface area contributed by atoms with Crippen LogP contribution in [0.25, 0.3) is 0 Å². The van der Waals surface area contributed by atoms with Crippen LogP contribution >= 0.6 is 0 Å². The highest BCUT2D eigenvalue weighted by Crippen LogP contribution is 2.11. The summed E-state index contributed by atoms with van der Waals surface area (Å²) in [5.74, 6) is 0.321. The third-order valence-corrected chi connectivity index (χ3v) is 3.65. The van der Waals surface area contributed by atoms with Crippen molar-refractivity contribution in [3.05, 3.63) is 29.8 Å². The maximum atomic E-state index is 12.0. The molecule has 0 aliphatic carbocycles. The summed E-state index contributed by atoms with van der Waals surface area (Å²) in [5, 5.41) is 2.61. The maximum absolute atomic E-state index is 12.0. The Kier molecular flexibility index (Phi) is 5.77. The van der Waals surface area contributed by atoms with Crippen molar-refractivity contribution in [3.8, 4) is 5.75 Å². The van der Waals surface area contributed by atoms with Crippen LogP contribution in [0, 0.1) is 6.92 Å². The number of hydrogen-bond acceptors (Lipinski definition) is 4. The van der Waals surface area contributed by atoms with Crippen LogP contribution in [-0.2, 0) is 9.59 Å². The zero-order chi connectivity index (χ0) is 15.9. The first kappa shape index (κ1) is 16.3. The lowest BCUT2D eigenvalue weighted by molar-refractivity contribution is -0.134. The molecule has 0 atom stereocenters. The summed E-state index contributed by atoms with van der Waals surface area (Å²) < 4.78 is 5.40. The molecule has 0 radical (unpaired) electrons. The Hall–Kier alpha value is -2.08. The molecule has 0 bridgehead atoms. The van der Waals surface area contributed by atoms with Crippen LogP contribution in [0.15, 0.2) is 24.3 Å². The van der Waals surface area contributed by atoms with Gasteiger partial charge in [-0.25, -0.2) is 0 Å². The molecule has 1 aromatic carbocycles. The lowest BCUT2D eigenvalue weighted by atomic mass is 10.2. The maximum Gasteiger partial charge on any atom is 0.258 e. The number of amides is 2. The van der Waals surface area contributed by atoms with Crippen molar-refractivity contribution >= 4 is 11.8 Å². The first-order valence-corrected chi connectivity index (χ1v) is 7.47. The van der Waals surface area contributed by atoms with Crippen molar-refractivity contribution < 1.29 is 14.3 Å². The molecule has 1 heterocycles. The van der Waals surface area contributed by atoms with Gasteiger partial charge in [-0.1, -0.05) is 12.1 Å². The Labute approximate surface area is 131 Å². The van der Waals surface area contributed by atoms with Crippen molar-refractivity contribution in [1.82, 2.24) is 15.1 Å². The molecule has 0 unspecified atom stereocenters. The summed E-state index contributed by atoms with van der Waals surface area (Å²) in [6, 6.07) is 7.50. The van der Waals surface area contributed by atoms with E-state index in [9.17, 15) is 9.59 Å². The third-order valence-electron chi connectivity index (χ3n) is 3.65. The van der Waals surface area contributed by atoms with Gasteiger partial charge in [0.15, 0.2) is 6.61 Å². The minimum atomic E-state index is -0.288. The van der Waals surface area contributed by atoms with E-state index in [1.807, 2.05) is 32.2 Å². The summed E-state index contributed by atoms with van der Waals surface area (Å²) in [7, 11) is 2.03. The van der Waals surface area contributed by atoms with Gasteiger partial charge in [-0.15, -0.1) is 0 Å². The van der Waals surface area contributed by atoms with Crippen LogP contribution in [0.5, 0.6) is 5.75 Å². The Morgan fingerprint density at radius 2 is 1.95 bits per heavy atom. The second kappa shape index (κ2) is 7.79. The lowest BCUT2D eigenvalue weighted by Crippen LogP contribution is -2.50. The number of carbonyl (C=O) groups is 2. The van der Waals surface area contributed by atoms with Gasteiger partial charge in [-0.05, 0) is 31.7 Å². The number of likely N-dealkylation sites (N-methyl/N-ethyl adjacent to an activating group) is 1. The van der Waals surface area contributed by atoms with Crippen LogP contribution in [0.2, 0.25) is 0 Å². The summed E-state index contributed by atoms with van der Waals surface area (Å²) in [6.45, 7) is 5.07. The fourth-order valence-electron chi connectivity index (χ4n) is 2.25. The molecule has 1 aliphatic rings. The predicted octanol–water partition coefficient (Wildman–Crippen LogP) is 0.264. The fourth-order valence-corrected chi connectivity index (χ4v) is 2.25. The van der Waals surface area contributed by atoms with Gasteiger partial charge in [0.1, 0.15) is 5.75 Å². The highest BCUT2D eigenvalue weighted by Gasteiger charge is 2.19. The van der Waals surface area contributed by atoms with Crippen LogP contribution in [0.4, 0.5) is 0 Å². The van der Waals surface area contributed by atoms with Crippen LogP contribution in [-0.4, -0.2) is 68.0 Å². The molecule has 0 saturated carbocycles. The van der Waals surface area contributed by atoms with E-state index in [0.717, 1.165) is 18.7 Å². The Morgan fingerprint density at radius 3 is 2.64 bits per heavy atom. The van der Waals surface area contributed by atoms with Gasteiger partial charge in [0.05, 0.1) is 6.54 Å². The first-order chi connectivity index (χ1) is 10.5. The number of rotatable bonds is 5. The van der Waals surface area contributed by atoms with E-state index in [1.165, 1.54) is 0 Å². The number of nitrogens with one attached hydrogen (secondary N) is 1. The summed E-state index contributed by atoms with van der Waals surface area (Å²) in [4.78, 5) is 27.7. The van der Waals surface area contributed by atoms with Gasteiger partial charge >= 0.3 is 0 Å². The molecule has 22 heavy (non-hydrogen) atoms. The SMILES string of the molecule is Cc1cccc(OCC(=O)NCC(=O)N2CCN(C)CC2)c1. The average molecular weight is 305 g/mol. The van der Waals surface area contributed by atoms with Gasteiger partial charge < -0.3 is 19.9 Å². The van der Waals surface area contributed by atoms with Crippen molar-refractivity contribution in [3.63, 3.8) is 0 Å². The standard InChI is InChI=1S/C16H23N3O3/c1-13-4-3-5-14(10-13)22-12-15(20)17-11-16(21)19-8-6-18(2)7-9-19/h3-5,10H,6-9,11-12H2,1-2H3,(H,17,20). The van der Waals surface area contributed by atoms with E-state index >= 15 is 0 Å². The fraction of sp³-hybridized carbons (Fsp3) is 0.500. The van der Waals surface area contributed by atoms with Gasteiger partial charge in [0.2, 0.25) is 5.91 Å². The Bertz CT molecular complexity index is 525. The normalized spacial score (nSPS) is 15.5. The molecule has 1 N–H and O–H groups in total. The highest BCUT2D eigenvalue weighted by molar-refractivity contribution is 5.85. The molecule has 2 amide bonds. The molecule has 1 aromatic rings. The minimum Gasteiger partial charge on any atom is -0.484 e. The first-order valence-electron chi connectivity index (χ1n) is 7.47. The molecule has 1 saturated heterocycles. The van der Waals surface area contributed by atoms with E-state index < -0.39 is 0 Å². The van der Waals surface area contributed by atoms with E-state index in [1.54, 1.807) is 11.0 Å². The van der Waals surface area contributed by atoms with Gasteiger partial charge in [-0.2, -0.15) is 0 Å². The average Bonchev–Trinajstić information content (AvgIpc) is 2.51. The smallest absolute Gasteiger partial charge is 0.258 e. The molecule has 6 nitrogen and oxygen atoms in total. The van der Waals surface area contributed by atoms with E-state index in [-0.39, 0.29) is 25.0 Å². The van der Waals surface area contributed by atoms with Gasteiger partial charge in [0.25, 0.3) is 5.91 Å². The highest BCUT2D eigenvalue weighted by atomic mass is 16.5. The summed E-state index contributed by atoms with van der Waals surface area (Å²) in [5.41, 5.74) is 1.07. The number of aryl methyl sites for hydroxylation is 1. The third kappa shape index (κ3) is 5.04. The quantitative estimate of drug-likeness (QED) is 0.848. The topological polar surface area (TPSA) is 61.9 Å². The Morgan fingerprint density at radius 1 is 1.23 bits per heavy atom. The predicted molar refractivity (Wildman–Crippen MR) is 83.8 cm³/mol. The van der Waals surface area contributed by atoms with Crippen LogP contribution in [0.1, 0.15) is 5.56 Å². The second-order valence-electron chi connectivity index (χ2n) is 5.57. The minimum absolute atomic E-state index is 0.0275. The van der Waals surface area contributed by atoms with Gasteiger partial charge in [-0.3, -0.25) is 9.59 Å². The molecular weight excluding hydrogens is 282 g/mol. The number of ether oxygens (including phenoxy) is 1. The zero-order valence-electron chi connectivity index (χ0n) is 13.2. The lowest BCUT2D eigenvalue weighted by Gasteiger charge is -2.32. The summed E-state index contributed by atoms with van der Waals surface area (Å²) >= 11 is 0. The molecular formula is C16H23N3O3. The molecule has 1 aliphatic heterocycles. The van der Waals surface area contributed by atoms with E-state index in [4.69, 9.17) is 4.74 Å². The van der Waals surface area contributed by atoms with Crippen molar-refractivity contribution in [2.24, 2.45) is 0 Å². The molecule has 0 spiro atoms. The van der Waals surface area contributed by atoms with E-state index in [2.05, 4.69) is 10.2 Å². The number of benzene rings is 1. The van der Waals surface area contributed by atoms with Crippen LogP contribution < -0.4 is 10.1 Å². The Balaban J connectivity index is 1.68. The molecule has 2 rings (SSSR count).